The second-order valence-corrected chi connectivity index (χ2v) is 5.77. The quantitative estimate of drug-likeness (QED) is 0.550. The van der Waals surface area contributed by atoms with Crippen LogP contribution in [0.1, 0.15) is 19.0 Å². The van der Waals surface area contributed by atoms with Gasteiger partial charge in [0.15, 0.2) is 0 Å². The molecule has 0 fully saturated rings. The minimum absolute atomic E-state index is 0.145. The summed E-state index contributed by atoms with van der Waals surface area (Å²) in [5.74, 6) is 0.916. The largest absolute Gasteiger partial charge is 0.363 e. The van der Waals surface area contributed by atoms with Gasteiger partial charge in [-0.25, -0.2) is 4.98 Å². The molecule has 1 heterocycles. The van der Waals surface area contributed by atoms with Gasteiger partial charge in [-0.15, -0.1) is 0 Å². The molecule has 0 saturated carbocycles. The lowest BCUT2D eigenvalue weighted by molar-refractivity contribution is -0.385. The molecule has 1 aromatic heterocycles. The number of rotatable bonds is 8. The fraction of sp³-hybridized carbons (Fsp3) is 0.636. The van der Waals surface area contributed by atoms with Gasteiger partial charge in [0.05, 0.1) is 4.92 Å². The van der Waals surface area contributed by atoms with Crippen LogP contribution in [0.5, 0.6) is 0 Å². The van der Waals surface area contributed by atoms with Crippen molar-refractivity contribution in [3.8, 4) is 0 Å². The lowest BCUT2D eigenvalue weighted by Gasteiger charge is -2.10. The van der Waals surface area contributed by atoms with Crippen LogP contribution in [-0.4, -0.2) is 44.2 Å². The van der Waals surface area contributed by atoms with Crippen LogP contribution in [0.15, 0.2) is 0 Å². The molecule has 0 radical (unpaired) electrons. The first-order chi connectivity index (χ1) is 9.45. The summed E-state index contributed by atoms with van der Waals surface area (Å²) in [5.41, 5.74) is 0.151. The van der Waals surface area contributed by atoms with Gasteiger partial charge in [0.2, 0.25) is 11.8 Å². The Hall–Kier alpha value is -1.77. The summed E-state index contributed by atoms with van der Waals surface area (Å²) in [6.07, 6.45) is 2.48. The van der Waals surface area contributed by atoms with Gasteiger partial charge in [-0.1, -0.05) is 6.92 Å². The van der Waals surface area contributed by atoms with E-state index >= 15 is 0 Å². The molecule has 2 N–H and O–H groups in total. The predicted molar refractivity (Wildman–Crippen MR) is 79.6 cm³/mol. The van der Waals surface area contributed by atoms with Crippen molar-refractivity contribution < 1.29 is 9.13 Å². The molecule has 0 bridgehead atoms. The van der Waals surface area contributed by atoms with Gasteiger partial charge in [-0.05, 0) is 13.3 Å². The summed E-state index contributed by atoms with van der Waals surface area (Å²) < 4.78 is 11.0. The van der Waals surface area contributed by atoms with Crippen molar-refractivity contribution in [2.75, 3.05) is 35.7 Å². The molecule has 0 spiro atoms. The lowest BCUT2D eigenvalue weighted by atomic mass is 10.3. The van der Waals surface area contributed by atoms with Crippen LogP contribution < -0.4 is 10.6 Å². The Bertz CT molecular complexity index is 509. The van der Waals surface area contributed by atoms with E-state index < -0.39 is 15.7 Å². The molecule has 0 aliphatic rings. The first-order valence-electron chi connectivity index (χ1n) is 6.26. The number of nitrogens with zero attached hydrogens (tertiary/aromatic N) is 3. The zero-order valence-corrected chi connectivity index (χ0v) is 12.6. The van der Waals surface area contributed by atoms with Crippen LogP contribution in [0.25, 0.3) is 0 Å². The maximum absolute atomic E-state index is 11.1. The smallest absolute Gasteiger partial charge is 0.332 e. The molecule has 1 atom stereocenters. The molecular formula is C11H19N5O3S. The minimum Gasteiger partial charge on any atom is -0.363 e. The maximum Gasteiger partial charge on any atom is 0.332 e. The molecule has 0 aliphatic heterocycles. The highest BCUT2D eigenvalue weighted by Gasteiger charge is 2.21. The Labute approximate surface area is 120 Å². The Kier molecular flexibility index (Phi) is 6.29. The van der Waals surface area contributed by atoms with Crippen LogP contribution in [0.2, 0.25) is 0 Å². The summed E-state index contributed by atoms with van der Waals surface area (Å²) in [4.78, 5) is 18.7. The topological polar surface area (TPSA) is 110 Å². The van der Waals surface area contributed by atoms with Crippen LogP contribution in [0.3, 0.4) is 0 Å². The third-order valence-electron chi connectivity index (χ3n) is 2.46. The third-order valence-corrected chi connectivity index (χ3v) is 3.24. The van der Waals surface area contributed by atoms with Crippen LogP contribution in [0.4, 0.5) is 17.5 Å². The van der Waals surface area contributed by atoms with E-state index in [2.05, 4.69) is 20.6 Å². The highest BCUT2D eigenvalue weighted by molar-refractivity contribution is 7.84. The monoisotopic (exact) mass is 301 g/mol. The molecule has 0 saturated heterocycles. The van der Waals surface area contributed by atoms with Gasteiger partial charge < -0.3 is 10.6 Å². The zero-order chi connectivity index (χ0) is 15.1. The molecule has 8 nitrogen and oxygen atoms in total. The Morgan fingerprint density at radius 3 is 2.55 bits per heavy atom. The first-order valence-corrected chi connectivity index (χ1v) is 7.99. The number of anilines is 2. The zero-order valence-electron chi connectivity index (χ0n) is 11.8. The molecule has 1 rings (SSSR count). The van der Waals surface area contributed by atoms with Gasteiger partial charge in [-0.2, -0.15) is 4.98 Å². The summed E-state index contributed by atoms with van der Waals surface area (Å²) in [7, 11) is -0.963. The second kappa shape index (κ2) is 7.73. The molecule has 9 heteroatoms. The molecule has 0 aromatic carbocycles. The lowest BCUT2D eigenvalue weighted by Crippen LogP contribution is -2.15. The average molecular weight is 301 g/mol. The molecule has 1 aromatic rings. The fourth-order valence-corrected chi connectivity index (χ4v) is 1.93. The second-order valence-electron chi connectivity index (χ2n) is 4.22. The molecule has 0 amide bonds. The van der Waals surface area contributed by atoms with Crippen molar-refractivity contribution in [3.05, 3.63) is 15.8 Å². The average Bonchev–Trinajstić information content (AvgIpc) is 2.34. The van der Waals surface area contributed by atoms with Crippen LogP contribution in [-0.2, 0) is 10.8 Å². The number of hydrogen-bond donors (Lipinski definition) is 2. The first kappa shape index (κ1) is 16.3. The summed E-state index contributed by atoms with van der Waals surface area (Å²) in [6.45, 7) is 4.62. The highest BCUT2D eigenvalue weighted by Crippen LogP contribution is 2.26. The van der Waals surface area contributed by atoms with Gasteiger partial charge >= 0.3 is 5.69 Å². The molecular weight excluding hydrogens is 282 g/mol. The van der Waals surface area contributed by atoms with Gasteiger partial charge in [0.1, 0.15) is 5.69 Å². The van der Waals surface area contributed by atoms with E-state index in [1.54, 1.807) is 13.2 Å². The highest BCUT2D eigenvalue weighted by atomic mass is 32.2. The van der Waals surface area contributed by atoms with Gasteiger partial charge in [0, 0.05) is 35.9 Å². The Balaban J connectivity index is 2.98. The number of nitrogens with one attached hydrogen (secondary N) is 2. The van der Waals surface area contributed by atoms with Crippen molar-refractivity contribution in [1.29, 1.82) is 0 Å². The molecule has 0 aliphatic carbocycles. The SMILES string of the molecule is CCCNc1nc(C)c([N+](=O)[O-])c(NCCS(C)=O)n1. The number of nitro groups is 1. The number of aryl methyl sites for hydroxylation is 1. The fourth-order valence-electron chi connectivity index (χ4n) is 1.54. The van der Waals surface area contributed by atoms with Crippen LogP contribution >= 0.6 is 0 Å². The normalized spacial score (nSPS) is 11.9. The van der Waals surface area contributed by atoms with E-state index in [9.17, 15) is 14.3 Å². The predicted octanol–water partition coefficient (Wildman–Crippen LogP) is 1.31. The van der Waals surface area contributed by atoms with E-state index in [4.69, 9.17) is 0 Å². The summed E-state index contributed by atoms with van der Waals surface area (Å²) in [6, 6.07) is 0. The van der Waals surface area contributed by atoms with E-state index in [0.717, 1.165) is 6.42 Å². The van der Waals surface area contributed by atoms with Crippen molar-refractivity contribution in [1.82, 2.24) is 9.97 Å². The van der Waals surface area contributed by atoms with E-state index in [0.29, 0.717) is 30.5 Å². The maximum atomic E-state index is 11.1. The molecule has 20 heavy (non-hydrogen) atoms. The van der Waals surface area contributed by atoms with Crippen molar-refractivity contribution in [2.45, 2.75) is 20.3 Å². The van der Waals surface area contributed by atoms with E-state index in [1.807, 2.05) is 6.92 Å². The summed E-state index contributed by atoms with van der Waals surface area (Å²) in [5, 5.41) is 16.9. The number of hydrogen-bond acceptors (Lipinski definition) is 7. The van der Waals surface area contributed by atoms with E-state index in [1.165, 1.54) is 0 Å². The molecule has 112 valence electrons. The summed E-state index contributed by atoms with van der Waals surface area (Å²) >= 11 is 0. The number of aromatic nitrogens is 2. The van der Waals surface area contributed by atoms with Crippen molar-refractivity contribution in [2.24, 2.45) is 0 Å². The van der Waals surface area contributed by atoms with Crippen molar-refractivity contribution in [3.63, 3.8) is 0 Å². The standard InChI is InChI=1S/C11H19N5O3S/c1-4-5-13-11-14-8(2)9(16(17)18)10(15-11)12-6-7-20(3)19/h4-7H2,1-3H3,(H2,12,13,14,15). The minimum atomic E-state index is -0.963. The van der Waals surface area contributed by atoms with Crippen molar-refractivity contribution >= 4 is 28.3 Å². The Morgan fingerprint density at radius 2 is 2.00 bits per heavy atom. The Morgan fingerprint density at radius 1 is 1.30 bits per heavy atom. The van der Waals surface area contributed by atoms with Crippen LogP contribution in [0, 0.1) is 17.0 Å². The van der Waals surface area contributed by atoms with Gasteiger partial charge in [0.25, 0.3) is 0 Å². The van der Waals surface area contributed by atoms with Gasteiger partial charge in [-0.3, -0.25) is 14.3 Å². The third kappa shape index (κ3) is 4.72. The van der Waals surface area contributed by atoms with E-state index in [-0.39, 0.29) is 11.5 Å². The molecule has 1 unspecified atom stereocenters.